The minimum atomic E-state index is -0.309. The number of hydrogen-bond acceptors (Lipinski definition) is 4. The highest BCUT2D eigenvalue weighted by atomic mass is 19.1. The molecule has 0 saturated carbocycles. The van der Waals surface area contributed by atoms with Crippen LogP contribution in [-0.2, 0) is 4.74 Å². The molecule has 1 atom stereocenters. The second-order valence-electron chi connectivity index (χ2n) is 8.47. The van der Waals surface area contributed by atoms with Crippen LogP contribution in [0.4, 0.5) is 4.39 Å². The Morgan fingerprint density at radius 2 is 1.97 bits per heavy atom. The second-order valence-corrected chi connectivity index (χ2v) is 8.47. The molecule has 0 radical (unpaired) electrons. The van der Waals surface area contributed by atoms with Crippen LogP contribution in [0.25, 0.3) is 28.4 Å². The Kier molecular flexibility index (Phi) is 10.2. The maximum absolute atomic E-state index is 14.8. The van der Waals surface area contributed by atoms with Crippen molar-refractivity contribution >= 4 is 17.1 Å². The van der Waals surface area contributed by atoms with Gasteiger partial charge in [-0.1, -0.05) is 50.6 Å². The predicted octanol–water partition coefficient (Wildman–Crippen LogP) is 7.78. The first kappa shape index (κ1) is 25.6. The van der Waals surface area contributed by atoms with Gasteiger partial charge in [-0.2, -0.15) is 0 Å². The van der Waals surface area contributed by atoms with E-state index < -0.39 is 0 Å². The summed E-state index contributed by atoms with van der Waals surface area (Å²) in [6.07, 6.45) is 14.3. The van der Waals surface area contributed by atoms with E-state index in [4.69, 9.17) is 9.47 Å². The molecule has 2 aromatic carbocycles. The summed E-state index contributed by atoms with van der Waals surface area (Å²) >= 11 is 0. The van der Waals surface area contributed by atoms with Crippen LogP contribution < -0.4 is 4.74 Å². The van der Waals surface area contributed by atoms with Crippen LogP contribution in [0.2, 0.25) is 0 Å². The fourth-order valence-electron chi connectivity index (χ4n) is 3.67. The zero-order chi connectivity index (χ0) is 24.2. The summed E-state index contributed by atoms with van der Waals surface area (Å²) in [7, 11) is 0. The van der Waals surface area contributed by atoms with Gasteiger partial charge in [-0.3, -0.25) is 4.98 Å². The molecule has 3 aromatic rings. The van der Waals surface area contributed by atoms with Crippen molar-refractivity contribution in [2.45, 2.75) is 58.5 Å². The van der Waals surface area contributed by atoms with E-state index in [9.17, 15) is 4.39 Å². The third-order valence-corrected chi connectivity index (χ3v) is 5.59. The topological polar surface area (TPSA) is 44.2 Å². The average Bonchev–Trinajstić information content (AvgIpc) is 2.85. The van der Waals surface area contributed by atoms with Crippen molar-refractivity contribution < 1.29 is 13.9 Å². The van der Waals surface area contributed by atoms with Gasteiger partial charge in [0.2, 0.25) is 0 Å². The fourth-order valence-corrected chi connectivity index (χ4v) is 3.67. The molecule has 0 bridgehead atoms. The Morgan fingerprint density at radius 1 is 1.09 bits per heavy atom. The van der Waals surface area contributed by atoms with Gasteiger partial charge in [0.25, 0.3) is 0 Å². The molecule has 0 aliphatic heterocycles. The molecular formula is C29H35FN2O2. The van der Waals surface area contributed by atoms with Crippen molar-refractivity contribution in [3.8, 4) is 17.0 Å². The summed E-state index contributed by atoms with van der Waals surface area (Å²) in [6, 6.07) is 10.7. The first-order valence-electron chi connectivity index (χ1n) is 12.2. The molecule has 5 heteroatoms. The molecular weight excluding hydrogens is 427 g/mol. The van der Waals surface area contributed by atoms with Gasteiger partial charge in [0.1, 0.15) is 18.2 Å². The lowest BCUT2D eigenvalue weighted by atomic mass is 10.1. The molecule has 0 fully saturated rings. The number of rotatable bonds is 14. The Morgan fingerprint density at radius 3 is 2.76 bits per heavy atom. The minimum Gasteiger partial charge on any atom is -0.489 e. The molecule has 1 aromatic heterocycles. The maximum atomic E-state index is 14.8. The first-order valence-corrected chi connectivity index (χ1v) is 12.2. The molecule has 0 spiro atoms. The number of hydrogen-bond donors (Lipinski definition) is 0. The summed E-state index contributed by atoms with van der Waals surface area (Å²) in [5, 5.41) is 0. The standard InChI is InChI=1S/C29H35FN2O2/c1-4-6-10-18-33-22(3)11-8-7-9-12-23-13-15-25(26(30)19-23)29-21-31-28-20-24(34-17-5-2)14-16-27(28)32-29/h5,9,12-16,19-22H,2,4,6-8,10-11,17-18H2,1,3H3/b12-9+. The van der Waals surface area contributed by atoms with E-state index in [-0.39, 0.29) is 11.9 Å². The van der Waals surface area contributed by atoms with Crippen molar-refractivity contribution in [3.63, 3.8) is 0 Å². The van der Waals surface area contributed by atoms with Crippen LogP contribution in [0, 0.1) is 5.82 Å². The van der Waals surface area contributed by atoms with Gasteiger partial charge in [0.05, 0.1) is 29.0 Å². The van der Waals surface area contributed by atoms with Crippen molar-refractivity contribution in [2.75, 3.05) is 13.2 Å². The Bertz CT molecular complexity index is 1100. The van der Waals surface area contributed by atoms with Gasteiger partial charge in [-0.25, -0.2) is 9.37 Å². The van der Waals surface area contributed by atoms with Crippen molar-refractivity contribution in [1.82, 2.24) is 9.97 Å². The van der Waals surface area contributed by atoms with Crippen LogP contribution in [-0.4, -0.2) is 29.3 Å². The van der Waals surface area contributed by atoms with Crippen molar-refractivity contribution in [3.05, 3.63) is 72.7 Å². The number of aromatic nitrogens is 2. The SMILES string of the molecule is C=CCOc1ccc2nc(-c3ccc(/C=C/CCCC(C)OCCCCC)cc3F)cnc2c1. The number of allylic oxidation sites excluding steroid dienone is 1. The maximum Gasteiger partial charge on any atom is 0.133 e. The van der Waals surface area contributed by atoms with Crippen LogP contribution in [0.15, 0.2) is 61.3 Å². The number of benzene rings is 2. The van der Waals surface area contributed by atoms with E-state index in [2.05, 4.69) is 36.5 Å². The van der Waals surface area contributed by atoms with E-state index in [1.807, 2.05) is 30.3 Å². The molecule has 180 valence electrons. The molecule has 1 unspecified atom stereocenters. The quantitative estimate of drug-likeness (QED) is 0.181. The lowest BCUT2D eigenvalue weighted by Gasteiger charge is -2.12. The largest absolute Gasteiger partial charge is 0.489 e. The molecule has 34 heavy (non-hydrogen) atoms. The van der Waals surface area contributed by atoms with Crippen LogP contribution >= 0.6 is 0 Å². The monoisotopic (exact) mass is 462 g/mol. The first-order chi connectivity index (χ1) is 16.6. The molecule has 3 rings (SSSR count). The summed E-state index contributed by atoms with van der Waals surface area (Å²) in [5.74, 6) is 0.390. The van der Waals surface area contributed by atoms with Gasteiger partial charge >= 0.3 is 0 Å². The molecule has 0 aliphatic carbocycles. The van der Waals surface area contributed by atoms with E-state index in [0.717, 1.165) is 37.9 Å². The predicted molar refractivity (Wildman–Crippen MR) is 138 cm³/mol. The Hall–Kier alpha value is -3.05. The zero-order valence-corrected chi connectivity index (χ0v) is 20.3. The summed E-state index contributed by atoms with van der Waals surface area (Å²) < 4.78 is 26.2. The fraction of sp³-hybridized carbons (Fsp3) is 0.379. The normalized spacial score (nSPS) is 12.3. The molecule has 4 nitrogen and oxygen atoms in total. The van der Waals surface area contributed by atoms with Crippen molar-refractivity contribution in [1.29, 1.82) is 0 Å². The average molecular weight is 463 g/mol. The van der Waals surface area contributed by atoms with Gasteiger partial charge in [0, 0.05) is 18.2 Å². The lowest BCUT2D eigenvalue weighted by molar-refractivity contribution is 0.0566. The third kappa shape index (κ3) is 7.77. The zero-order valence-electron chi connectivity index (χ0n) is 20.3. The van der Waals surface area contributed by atoms with Gasteiger partial charge in [0.15, 0.2) is 0 Å². The van der Waals surface area contributed by atoms with Gasteiger partial charge < -0.3 is 9.47 Å². The van der Waals surface area contributed by atoms with Crippen LogP contribution in [0.3, 0.4) is 0 Å². The van der Waals surface area contributed by atoms with E-state index in [1.54, 1.807) is 24.4 Å². The summed E-state index contributed by atoms with van der Waals surface area (Å²) in [5.41, 5.74) is 3.17. The highest BCUT2D eigenvalue weighted by molar-refractivity contribution is 5.78. The smallest absolute Gasteiger partial charge is 0.133 e. The third-order valence-electron chi connectivity index (χ3n) is 5.59. The molecule has 1 heterocycles. The number of ether oxygens (including phenoxy) is 2. The minimum absolute atomic E-state index is 0.288. The number of unbranched alkanes of at least 4 members (excludes halogenated alkanes) is 3. The van der Waals surface area contributed by atoms with E-state index in [0.29, 0.717) is 34.6 Å². The Balaban J connectivity index is 1.55. The molecule has 0 amide bonds. The van der Waals surface area contributed by atoms with E-state index in [1.165, 1.54) is 12.8 Å². The number of nitrogens with zero attached hydrogens (tertiary/aromatic N) is 2. The molecule has 0 aliphatic rings. The van der Waals surface area contributed by atoms with Crippen LogP contribution in [0.1, 0.15) is 57.9 Å². The Labute approximate surface area is 202 Å². The van der Waals surface area contributed by atoms with E-state index >= 15 is 0 Å². The summed E-state index contributed by atoms with van der Waals surface area (Å²) in [4.78, 5) is 9.03. The summed E-state index contributed by atoms with van der Waals surface area (Å²) in [6.45, 7) is 9.25. The highest BCUT2D eigenvalue weighted by Gasteiger charge is 2.09. The number of fused-ring (bicyclic) bond motifs is 1. The molecule has 0 N–H and O–H groups in total. The number of halogens is 1. The van der Waals surface area contributed by atoms with Gasteiger partial charge in [-0.15, -0.1) is 0 Å². The second kappa shape index (κ2) is 13.6. The van der Waals surface area contributed by atoms with Crippen molar-refractivity contribution in [2.24, 2.45) is 0 Å². The highest BCUT2D eigenvalue weighted by Crippen LogP contribution is 2.25. The van der Waals surface area contributed by atoms with Crippen LogP contribution in [0.5, 0.6) is 5.75 Å². The molecule has 0 saturated heterocycles. The van der Waals surface area contributed by atoms with Gasteiger partial charge in [-0.05, 0) is 62.4 Å². The lowest BCUT2D eigenvalue weighted by Crippen LogP contribution is -2.08.